The average molecular weight is 381 g/mol. The second-order valence-corrected chi connectivity index (χ2v) is 6.66. The lowest BCUT2D eigenvalue weighted by Gasteiger charge is -2.10. The number of hydrogen-bond donors (Lipinski definition) is 2. The Kier molecular flexibility index (Phi) is 6.29. The Morgan fingerprint density at radius 1 is 1.46 bits per heavy atom. The van der Waals surface area contributed by atoms with Gasteiger partial charge in [0.25, 0.3) is 0 Å². The number of aromatic nitrogens is 3. The van der Waals surface area contributed by atoms with Crippen LogP contribution in [0.4, 0.5) is 4.39 Å². The molecule has 3 N–H and O–H groups in total. The molecule has 1 aromatic heterocycles. The van der Waals surface area contributed by atoms with E-state index in [1.165, 1.54) is 28.6 Å². The van der Waals surface area contributed by atoms with E-state index in [0.717, 1.165) is 19.4 Å². The van der Waals surface area contributed by atoms with Crippen molar-refractivity contribution >= 4 is 17.7 Å². The second-order valence-electron chi connectivity index (χ2n) is 5.72. The highest BCUT2D eigenvalue weighted by atomic mass is 32.2. The fraction of sp³-hybridized carbons (Fsp3) is 0.438. The maximum absolute atomic E-state index is 13.5. The van der Waals surface area contributed by atoms with Gasteiger partial charge in [-0.1, -0.05) is 23.9 Å². The monoisotopic (exact) mass is 381 g/mol. The van der Waals surface area contributed by atoms with Crippen LogP contribution < -0.4 is 15.9 Å². The van der Waals surface area contributed by atoms with Crippen LogP contribution in [0.25, 0.3) is 0 Å². The van der Waals surface area contributed by atoms with Gasteiger partial charge >= 0.3 is 0 Å². The molecule has 0 radical (unpaired) electrons. The standard InChI is InChI=1S/C16H20FN5O3S/c17-12-5-1-2-6-13(12)25-9-14-20-21-16(22(14)18)26-10-15(23)19-8-11-4-3-7-24-11/h1-2,5-6,11H,3-4,7-10,18H2,(H,19,23)/t11-/m1/s1. The van der Waals surface area contributed by atoms with Crippen LogP contribution in [0.5, 0.6) is 5.75 Å². The number of nitrogens with one attached hydrogen (secondary N) is 1. The van der Waals surface area contributed by atoms with Crippen LogP contribution in [-0.4, -0.2) is 45.8 Å². The quantitative estimate of drug-likeness (QED) is 0.521. The number of amides is 1. The van der Waals surface area contributed by atoms with Gasteiger partial charge in [0.05, 0.1) is 11.9 Å². The molecule has 1 aliphatic heterocycles. The van der Waals surface area contributed by atoms with Gasteiger partial charge in [0.2, 0.25) is 11.1 Å². The number of halogens is 1. The van der Waals surface area contributed by atoms with E-state index in [1.807, 2.05) is 0 Å². The molecule has 2 heterocycles. The van der Waals surface area contributed by atoms with Crippen LogP contribution in [0.1, 0.15) is 18.7 Å². The molecule has 2 aromatic rings. The van der Waals surface area contributed by atoms with Gasteiger partial charge in [0.1, 0.15) is 6.61 Å². The average Bonchev–Trinajstić information content (AvgIpc) is 3.28. The topological polar surface area (TPSA) is 104 Å². The molecular weight excluding hydrogens is 361 g/mol. The fourth-order valence-corrected chi connectivity index (χ4v) is 3.13. The van der Waals surface area contributed by atoms with E-state index in [1.54, 1.807) is 12.1 Å². The Labute approximate surface area is 154 Å². The highest BCUT2D eigenvalue weighted by Gasteiger charge is 2.17. The summed E-state index contributed by atoms with van der Waals surface area (Å²) < 4.78 is 25.6. The summed E-state index contributed by atoms with van der Waals surface area (Å²) >= 11 is 1.17. The fourth-order valence-electron chi connectivity index (χ4n) is 2.42. The van der Waals surface area contributed by atoms with Crippen molar-refractivity contribution < 1.29 is 18.7 Å². The lowest BCUT2D eigenvalue weighted by atomic mass is 10.2. The highest BCUT2D eigenvalue weighted by molar-refractivity contribution is 7.99. The molecule has 0 bridgehead atoms. The Morgan fingerprint density at radius 2 is 2.31 bits per heavy atom. The van der Waals surface area contributed by atoms with E-state index in [4.69, 9.17) is 15.3 Å². The van der Waals surface area contributed by atoms with Gasteiger partial charge in [0.15, 0.2) is 17.4 Å². The molecule has 8 nitrogen and oxygen atoms in total. The van der Waals surface area contributed by atoms with E-state index in [2.05, 4.69) is 15.5 Å². The first-order valence-corrected chi connectivity index (χ1v) is 9.20. The number of carbonyl (C=O) groups excluding carboxylic acids is 1. The van der Waals surface area contributed by atoms with Gasteiger partial charge in [-0.15, -0.1) is 10.2 Å². The lowest BCUT2D eigenvalue weighted by molar-refractivity contribution is -0.119. The van der Waals surface area contributed by atoms with Crippen molar-refractivity contribution in [3.63, 3.8) is 0 Å². The minimum absolute atomic E-state index is 0.0315. The predicted molar refractivity (Wildman–Crippen MR) is 93.6 cm³/mol. The normalized spacial score (nSPS) is 16.6. The zero-order chi connectivity index (χ0) is 18.4. The van der Waals surface area contributed by atoms with Gasteiger partial charge in [-0.3, -0.25) is 4.79 Å². The zero-order valence-corrected chi connectivity index (χ0v) is 14.9. The van der Waals surface area contributed by atoms with Crippen molar-refractivity contribution in [2.75, 3.05) is 24.7 Å². The maximum atomic E-state index is 13.5. The second kappa shape index (κ2) is 8.86. The number of nitrogens with two attached hydrogens (primary N) is 1. The van der Waals surface area contributed by atoms with E-state index in [0.29, 0.717) is 17.5 Å². The number of thioether (sulfide) groups is 1. The van der Waals surface area contributed by atoms with Crippen LogP contribution >= 0.6 is 11.8 Å². The molecule has 0 saturated carbocycles. The molecule has 10 heteroatoms. The molecule has 26 heavy (non-hydrogen) atoms. The number of rotatable bonds is 8. The molecule has 1 aromatic carbocycles. The summed E-state index contributed by atoms with van der Waals surface area (Å²) in [4.78, 5) is 11.9. The number of ether oxygens (including phenoxy) is 2. The molecular formula is C16H20FN5O3S. The van der Waals surface area contributed by atoms with Gasteiger partial charge in [-0.25, -0.2) is 9.07 Å². The molecule has 0 spiro atoms. The third kappa shape index (κ3) is 4.85. The third-order valence-electron chi connectivity index (χ3n) is 3.81. The Bertz CT molecular complexity index is 751. The smallest absolute Gasteiger partial charge is 0.230 e. The minimum Gasteiger partial charge on any atom is -0.482 e. The van der Waals surface area contributed by atoms with Crippen molar-refractivity contribution in [1.29, 1.82) is 0 Å². The number of nitrogens with zero attached hydrogens (tertiary/aromatic N) is 3. The van der Waals surface area contributed by atoms with Crippen molar-refractivity contribution in [3.05, 3.63) is 35.9 Å². The van der Waals surface area contributed by atoms with Crippen LogP contribution in [-0.2, 0) is 16.1 Å². The van der Waals surface area contributed by atoms with E-state index in [-0.39, 0.29) is 30.1 Å². The lowest BCUT2D eigenvalue weighted by Crippen LogP contribution is -2.33. The molecule has 1 aliphatic rings. The summed E-state index contributed by atoms with van der Waals surface area (Å²) in [5, 5.41) is 11.1. The van der Waals surface area contributed by atoms with Crippen molar-refractivity contribution in [2.24, 2.45) is 0 Å². The largest absolute Gasteiger partial charge is 0.482 e. The summed E-state index contributed by atoms with van der Waals surface area (Å²) in [5.41, 5.74) is 0. The number of nitrogen functional groups attached to an aromatic ring is 1. The Hall–Kier alpha value is -2.33. The highest BCUT2D eigenvalue weighted by Crippen LogP contribution is 2.18. The van der Waals surface area contributed by atoms with Crippen LogP contribution in [0.3, 0.4) is 0 Å². The molecule has 3 rings (SSSR count). The molecule has 140 valence electrons. The van der Waals surface area contributed by atoms with Gasteiger partial charge in [-0.05, 0) is 25.0 Å². The first-order valence-electron chi connectivity index (χ1n) is 8.21. The first kappa shape index (κ1) is 18.5. The summed E-state index contributed by atoms with van der Waals surface area (Å²) in [6, 6.07) is 6.06. The zero-order valence-electron chi connectivity index (χ0n) is 14.1. The van der Waals surface area contributed by atoms with Gasteiger partial charge in [-0.2, -0.15) is 0 Å². The molecule has 0 unspecified atom stereocenters. The molecule has 1 fully saturated rings. The molecule has 1 atom stereocenters. The molecule has 1 saturated heterocycles. The molecule has 1 amide bonds. The summed E-state index contributed by atoms with van der Waals surface area (Å²) in [7, 11) is 0. The number of hydrogen-bond acceptors (Lipinski definition) is 7. The van der Waals surface area contributed by atoms with E-state index < -0.39 is 5.82 Å². The van der Waals surface area contributed by atoms with Gasteiger partial charge in [0, 0.05) is 13.2 Å². The number of para-hydroxylation sites is 1. The van der Waals surface area contributed by atoms with Gasteiger partial charge < -0.3 is 20.6 Å². The van der Waals surface area contributed by atoms with Crippen molar-refractivity contribution in [2.45, 2.75) is 30.7 Å². The van der Waals surface area contributed by atoms with E-state index in [9.17, 15) is 9.18 Å². The first-order chi connectivity index (χ1) is 12.6. The van der Waals surface area contributed by atoms with E-state index >= 15 is 0 Å². The Balaban J connectivity index is 1.45. The minimum atomic E-state index is -0.465. The summed E-state index contributed by atoms with van der Waals surface area (Å²) in [6.45, 7) is 1.23. The SMILES string of the molecule is Nn1c(COc2ccccc2F)nnc1SCC(=O)NC[C@H]1CCCO1. The molecule has 0 aliphatic carbocycles. The summed E-state index contributed by atoms with van der Waals surface area (Å²) in [6.07, 6.45) is 2.10. The number of benzene rings is 1. The number of carbonyl (C=O) groups is 1. The van der Waals surface area contributed by atoms with Crippen molar-refractivity contribution in [3.8, 4) is 5.75 Å². The summed E-state index contributed by atoms with van der Waals surface area (Å²) in [5.74, 6) is 5.92. The van der Waals surface area contributed by atoms with Crippen LogP contribution in [0.2, 0.25) is 0 Å². The Morgan fingerprint density at radius 3 is 3.08 bits per heavy atom. The van der Waals surface area contributed by atoms with Crippen LogP contribution in [0, 0.1) is 5.82 Å². The van der Waals surface area contributed by atoms with Crippen LogP contribution in [0.15, 0.2) is 29.4 Å². The third-order valence-corrected chi connectivity index (χ3v) is 4.75. The maximum Gasteiger partial charge on any atom is 0.230 e. The predicted octanol–water partition coefficient (Wildman–Crippen LogP) is 1.10. The van der Waals surface area contributed by atoms with Crippen molar-refractivity contribution in [1.82, 2.24) is 20.2 Å².